The van der Waals surface area contributed by atoms with Crippen molar-refractivity contribution in [2.24, 2.45) is 0 Å². The average Bonchev–Trinajstić information content (AvgIpc) is 3.03. The van der Waals surface area contributed by atoms with Crippen molar-refractivity contribution >= 4 is 16.8 Å². The summed E-state index contributed by atoms with van der Waals surface area (Å²) in [5.74, 6) is -0.210. The number of aromatic hydroxyl groups is 1. The first-order valence-electron chi connectivity index (χ1n) is 8.74. The number of rotatable bonds is 3. The first-order chi connectivity index (χ1) is 12.6. The molecule has 26 heavy (non-hydrogen) atoms. The van der Waals surface area contributed by atoms with E-state index in [2.05, 4.69) is 35.3 Å². The maximum absolute atomic E-state index is 12.8. The lowest BCUT2D eigenvalue weighted by molar-refractivity contribution is 0.0301. The van der Waals surface area contributed by atoms with Gasteiger partial charge in [-0.3, -0.25) is 9.89 Å². The van der Waals surface area contributed by atoms with Gasteiger partial charge in [-0.05, 0) is 18.6 Å². The number of ether oxygens (including phenoxy) is 1. The Morgan fingerprint density at radius 3 is 2.85 bits per heavy atom. The van der Waals surface area contributed by atoms with Crippen LogP contribution in [0.5, 0.6) is 5.75 Å². The number of fused-ring (bicyclic) bond motifs is 1. The summed E-state index contributed by atoms with van der Waals surface area (Å²) in [4.78, 5) is 14.5. The molecule has 1 saturated heterocycles. The largest absolute Gasteiger partial charge is 0.507 e. The van der Waals surface area contributed by atoms with Gasteiger partial charge in [-0.1, -0.05) is 29.8 Å². The van der Waals surface area contributed by atoms with Crippen molar-refractivity contribution in [1.82, 2.24) is 15.1 Å². The summed E-state index contributed by atoms with van der Waals surface area (Å²) in [6, 6.07) is 11.6. The molecular formula is C20H21N3O3. The number of aromatic amines is 1. The van der Waals surface area contributed by atoms with E-state index in [1.165, 1.54) is 11.1 Å². The van der Waals surface area contributed by atoms with Crippen LogP contribution in [0.3, 0.4) is 0 Å². The van der Waals surface area contributed by atoms with Crippen LogP contribution in [0.25, 0.3) is 10.9 Å². The summed E-state index contributed by atoms with van der Waals surface area (Å²) >= 11 is 0. The van der Waals surface area contributed by atoms with Crippen molar-refractivity contribution in [3.63, 3.8) is 0 Å². The minimum Gasteiger partial charge on any atom is -0.507 e. The Balaban J connectivity index is 1.69. The van der Waals surface area contributed by atoms with Crippen molar-refractivity contribution in [2.45, 2.75) is 13.3 Å². The van der Waals surface area contributed by atoms with E-state index in [0.717, 1.165) is 11.1 Å². The molecule has 4 rings (SSSR count). The number of nitrogens with zero attached hydrogens (tertiary/aromatic N) is 2. The second-order valence-electron chi connectivity index (χ2n) is 6.66. The fourth-order valence-corrected chi connectivity index (χ4v) is 3.37. The molecule has 0 radical (unpaired) electrons. The molecule has 2 aromatic carbocycles. The number of aromatic nitrogens is 2. The van der Waals surface area contributed by atoms with Crippen molar-refractivity contribution in [1.29, 1.82) is 0 Å². The third kappa shape index (κ3) is 3.15. The van der Waals surface area contributed by atoms with Crippen LogP contribution in [0.1, 0.15) is 27.2 Å². The monoisotopic (exact) mass is 351 g/mol. The molecule has 6 nitrogen and oxygen atoms in total. The van der Waals surface area contributed by atoms with Gasteiger partial charge in [0.05, 0.1) is 24.3 Å². The molecule has 1 amide bonds. The van der Waals surface area contributed by atoms with Gasteiger partial charge in [0.2, 0.25) is 0 Å². The predicted octanol–water partition coefficient (Wildman–Crippen LogP) is 2.64. The first kappa shape index (κ1) is 16.6. The molecular weight excluding hydrogens is 330 g/mol. The minimum atomic E-state index is -0.171. The lowest BCUT2D eigenvalue weighted by Gasteiger charge is -2.27. The van der Waals surface area contributed by atoms with Crippen molar-refractivity contribution in [2.75, 3.05) is 26.3 Å². The number of carbonyl (C=O) groups is 1. The molecule has 1 aliphatic heterocycles. The minimum absolute atomic E-state index is 0.0393. The Hall–Kier alpha value is -2.86. The van der Waals surface area contributed by atoms with Crippen LogP contribution in [0.15, 0.2) is 36.4 Å². The average molecular weight is 351 g/mol. The zero-order valence-corrected chi connectivity index (χ0v) is 14.7. The smallest absolute Gasteiger partial charge is 0.257 e. The van der Waals surface area contributed by atoms with Gasteiger partial charge < -0.3 is 14.7 Å². The number of carbonyl (C=O) groups excluding carboxylic acids is 1. The van der Waals surface area contributed by atoms with Gasteiger partial charge in [0.1, 0.15) is 5.75 Å². The second-order valence-corrected chi connectivity index (χ2v) is 6.66. The molecule has 0 bridgehead atoms. The van der Waals surface area contributed by atoms with E-state index in [0.29, 0.717) is 43.8 Å². The number of aryl methyl sites for hydroxylation is 1. The van der Waals surface area contributed by atoms with Crippen LogP contribution in [0, 0.1) is 6.92 Å². The number of phenolic OH excluding ortho intramolecular Hbond substituents is 1. The number of amides is 1. The molecule has 2 heterocycles. The Labute approximate surface area is 151 Å². The highest BCUT2D eigenvalue weighted by Crippen LogP contribution is 2.28. The highest BCUT2D eigenvalue weighted by molar-refractivity contribution is 6.01. The Kier molecular flexibility index (Phi) is 4.34. The van der Waals surface area contributed by atoms with Crippen LogP contribution in [-0.4, -0.2) is 52.4 Å². The van der Waals surface area contributed by atoms with Crippen molar-refractivity contribution < 1.29 is 14.6 Å². The number of phenols is 1. The molecule has 6 heteroatoms. The fourth-order valence-electron chi connectivity index (χ4n) is 3.37. The van der Waals surface area contributed by atoms with E-state index in [-0.39, 0.29) is 11.7 Å². The van der Waals surface area contributed by atoms with Crippen molar-refractivity contribution in [3.8, 4) is 5.75 Å². The molecule has 0 aliphatic carbocycles. The van der Waals surface area contributed by atoms with E-state index < -0.39 is 0 Å². The van der Waals surface area contributed by atoms with Gasteiger partial charge in [0.25, 0.3) is 5.91 Å². The summed E-state index contributed by atoms with van der Waals surface area (Å²) in [7, 11) is 0. The molecule has 3 aromatic rings. The van der Waals surface area contributed by atoms with Gasteiger partial charge in [-0.2, -0.15) is 5.10 Å². The van der Waals surface area contributed by atoms with Gasteiger partial charge >= 0.3 is 0 Å². The van der Waals surface area contributed by atoms with Crippen LogP contribution in [-0.2, 0) is 11.2 Å². The number of hydrogen-bond acceptors (Lipinski definition) is 4. The summed E-state index contributed by atoms with van der Waals surface area (Å²) in [6.07, 6.45) is 0.689. The molecule has 0 spiro atoms. The van der Waals surface area contributed by atoms with Crippen LogP contribution < -0.4 is 0 Å². The molecule has 0 unspecified atom stereocenters. The number of H-pyrrole nitrogens is 1. The van der Waals surface area contributed by atoms with E-state index >= 15 is 0 Å². The molecule has 2 N–H and O–H groups in total. The van der Waals surface area contributed by atoms with E-state index in [9.17, 15) is 9.90 Å². The number of morpholine rings is 1. The van der Waals surface area contributed by atoms with Gasteiger partial charge in [0.15, 0.2) is 0 Å². The van der Waals surface area contributed by atoms with Gasteiger partial charge in [0, 0.05) is 36.7 Å². The zero-order valence-electron chi connectivity index (χ0n) is 14.7. The molecule has 134 valence electrons. The zero-order chi connectivity index (χ0) is 18.1. The number of nitrogens with one attached hydrogen (secondary N) is 1. The lowest BCUT2D eigenvalue weighted by Crippen LogP contribution is -2.40. The van der Waals surface area contributed by atoms with E-state index in [1.807, 2.05) is 6.07 Å². The normalized spacial score (nSPS) is 14.7. The first-order valence-corrected chi connectivity index (χ1v) is 8.74. The summed E-state index contributed by atoms with van der Waals surface area (Å²) < 4.78 is 5.30. The quantitative estimate of drug-likeness (QED) is 0.760. The fraction of sp³-hybridized carbons (Fsp3) is 0.300. The summed E-state index contributed by atoms with van der Waals surface area (Å²) in [6.45, 7) is 4.19. The standard InChI is InChI=1S/C20H21N3O3/c1-13-3-2-4-14(9-13)10-17-15-11-16(19(24)12-18(15)22-21-17)20(25)23-5-7-26-8-6-23/h2-4,9,11-12,24H,5-8,10H2,1H3,(H,21,22). The van der Waals surface area contributed by atoms with Crippen LogP contribution in [0.4, 0.5) is 0 Å². The Bertz CT molecular complexity index is 958. The maximum Gasteiger partial charge on any atom is 0.257 e. The third-order valence-electron chi connectivity index (χ3n) is 4.74. The molecule has 0 atom stereocenters. The molecule has 1 aromatic heterocycles. The van der Waals surface area contributed by atoms with Crippen LogP contribution >= 0.6 is 0 Å². The third-order valence-corrected chi connectivity index (χ3v) is 4.74. The van der Waals surface area contributed by atoms with Crippen LogP contribution in [0.2, 0.25) is 0 Å². The summed E-state index contributed by atoms with van der Waals surface area (Å²) in [5.41, 5.74) is 4.27. The predicted molar refractivity (Wildman–Crippen MR) is 98.5 cm³/mol. The highest BCUT2D eigenvalue weighted by Gasteiger charge is 2.22. The summed E-state index contributed by atoms with van der Waals surface area (Å²) in [5, 5.41) is 18.5. The molecule has 1 aliphatic rings. The van der Waals surface area contributed by atoms with E-state index in [4.69, 9.17) is 4.74 Å². The SMILES string of the molecule is Cc1cccc(Cc2[nH]nc3cc(O)c(C(=O)N4CCOCC4)cc23)c1. The van der Waals surface area contributed by atoms with Gasteiger partial charge in [-0.15, -0.1) is 0 Å². The highest BCUT2D eigenvalue weighted by atomic mass is 16.5. The second kappa shape index (κ2) is 6.80. The Morgan fingerprint density at radius 1 is 1.27 bits per heavy atom. The topological polar surface area (TPSA) is 78.4 Å². The van der Waals surface area contributed by atoms with Gasteiger partial charge in [-0.25, -0.2) is 0 Å². The lowest BCUT2D eigenvalue weighted by atomic mass is 10.0. The number of hydrogen-bond donors (Lipinski definition) is 2. The Morgan fingerprint density at radius 2 is 2.08 bits per heavy atom. The maximum atomic E-state index is 12.8. The van der Waals surface area contributed by atoms with E-state index in [1.54, 1.807) is 17.0 Å². The molecule has 1 fully saturated rings. The van der Waals surface area contributed by atoms with Crippen molar-refractivity contribution in [3.05, 3.63) is 58.8 Å². The molecule has 0 saturated carbocycles. The number of benzene rings is 2.